The van der Waals surface area contributed by atoms with E-state index in [-0.39, 0.29) is 11.9 Å². The van der Waals surface area contributed by atoms with E-state index in [2.05, 4.69) is 12.2 Å². The molecule has 0 saturated carbocycles. The van der Waals surface area contributed by atoms with E-state index < -0.39 is 0 Å². The van der Waals surface area contributed by atoms with E-state index >= 15 is 0 Å². The Balaban J connectivity index is 2.43. The van der Waals surface area contributed by atoms with Gasteiger partial charge in [-0.3, -0.25) is 9.69 Å². The Labute approximate surface area is 103 Å². The van der Waals surface area contributed by atoms with E-state index in [0.29, 0.717) is 13.0 Å². The molecule has 0 aromatic carbocycles. The molecule has 1 atom stereocenters. The minimum Gasteiger partial charge on any atom is -0.468 e. The van der Waals surface area contributed by atoms with Crippen molar-refractivity contribution in [1.82, 2.24) is 10.2 Å². The van der Waals surface area contributed by atoms with Gasteiger partial charge in [0.15, 0.2) is 0 Å². The summed E-state index contributed by atoms with van der Waals surface area (Å²) in [4.78, 5) is 13.6. The van der Waals surface area contributed by atoms with Gasteiger partial charge in [-0.05, 0) is 32.6 Å². The highest BCUT2D eigenvalue weighted by molar-refractivity contribution is 5.75. The molecular formula is C13H22N2O2. The van der Waals surface area contributed by atoms with Gasteiger partial charge in [0.25, 0.3) is 0 Å². The van der Waals surface area contributed by atoms with Crippen LogP contribution in [0.5, 0.6) is 0 Å². The van der Waals surface area contributed by atoms with E-state index in [0.717, 1.165) is 18.6 Å². The van der Waals surface area contributed by atoms with E-state index in [1.165, 1.54) is 0 Å². The predicted molar refractivity (Wildman–Crippen MR) is 67.7 cm³/mol. The van der Waals surface area contributed by atoms with Crippen molar-refractivity contribution in [3.63, 3.8) is 0 Å². The fourth-order valence-corrected chi connectivity index (χ4v) is 1.65. The lowest BCUT2D eigenvalue weighted by molar-refractivity contribution is -0.121. The molecule has 0 spiro atoms. The minimum atomic E-state index is 0.0931. The molecule has 0 saturated heterocycles. The summed E-state index contributed by atoms with van der Waals surface area (Å²) in [5.41, 5.74) is 0. The van der Waals surface area contributed by atoms with Crippen LogP contribution in [0.3, 0.4) is 0 Å². The van der Waals surface area contributed by atoms with Crippen molar-refractivity contribution in [3.8, 4) is 0 Å². The zero-order chi connectivity index (χ0) is 12.7. The van der Waals surface area contributed by atoms with Crippen molar-refractivity contribution >= 4 is 5.91 Å². The number of likely N-dealkylation sites (N-methyl/N-ethyl adjacent to an activating group) is 1. The Morgan fingerprint density at radius 2 is 2.29 bits per heavy atom. The van der Waals surface area contributed by atoms with Crippen molar-refractivity contribution in [2.45, 2.75) is 32.2 Å². The fourth-order valence-electron chi connectivity index (χ4n) is 1.65. The maximum atomic E-state index is 11.5. The number of carbonyl (C=O) groups excluding carboxylic acids is 1. The van der Waals surface area contributed by atoms with Crippen LogP contribution in [0.15, 0.2) is 22.8 Å². The summed E-state index contributed by atoms with van der Waals surface area (Å²) >= 11 is 0. The number of carbonyl (C=O) groups is 1. The number of unbranched alkanes of at least 4 members (excludes halogenated alkanes) is 1. The molecule has 0 aliphatic rings. The zero-order valence-corrected chi connectivity index (χ0v) is 10.9. The first-order chi connectivity index (χ1) is 8.15. The predicted octanol–water partition coefficient (Wildman–Crippen LogP) is 2.19. The minimum absolute atomic E-state index is 0.0931. The average molecular weight is 238 g/mol. The number of amides is 1. The molecule has 1 aromatic heterocycles. The van der Waals surface area contributed by atoms with Gasteiger partial charge in [0.2, 0.25) is 5.91 Å². The lowest BCUT2D eigenvalue weighted by Crippen LogP contribution is -2.34. The Kier molecular flexibility index (Phi) is 5.77. The van der Waals surface area contributed by atoms with Crippen LogP contribution in [0.25, 0.3) is 0 Å². The number of hydrogen-bond donors (Lipinski definition) is 1. The van der Waals surface area contributed by atoms with Crippen LogP contribution in [-0.4, -0.2) is 31.4 Å². The first-order valence-electron chi connectivity index (χ1n) is 6.11. The van der Waals surface area contributed by atoms with Crippen LogP contribution in [0, 0.1) is 0 Å². The van der Waals surface area contributed by atoms with Crippen molar-refractivity contribution < 1.29 is 9.21 Å². The van der Waals surface area contributed by atoms with Crippen molar-refractivity contribution in [1.29, 1.82) is 0 Å². The van der Waals surface area contributed by atoms with Crippen molar-refractivity contribution in [2.75, 3.05) is 20.6 Å². The highest BCUT2D eigenvalue weighted by Gasteiger charge is 2.17. The van der Waals surface area contributed by atoms with Gasteiger partial charge in [-0.1, -0.05) is 13.3 Å². The first kappa shape index (κ1) is 13.8. The highest BCUT2D eigenvalue weighted by atomic mass is 16.3. The van der Waals surface area contributed by atoms with Crippen molar-refractivity contribution in [2.24, 2.45) is 0 Å². The number of furan rings is 1. The maximum Gasteiger partial charge on any atom is 0.220 e. The molecule has 17 heavy (non-hydrogen) atoms. The smallest absolute Gasteiger partial charge is 0.220 e. The van der Waals surface area contributed by atoms with Gasteiger partial charge in [0.1, 0.15) is 5.76 Å². The van der Waals surface area contributed by atoms with Gasteiger partial charge in [-0.2, -0.15) is 0 Å². The number of hydrogen-bond acceptors (Lipinski definition) is 3. The summed E-state index contributed by atoms with van der Waals surface area (Å²) in [6.07, 6.45) is 4.25. The van der Waals surface area contributed by atoms with E-state index in [9.17, 15) is 4.79 Å². The van der Waals surface area contributed by atoms with Crippen LogP contribution >= 0.6 is 0 Å². The summed E-state index contributed by atoms with van der Waals surface area (Å²) in [6.45, 7) is 2.67. The highest BCUT2D eigenvalue weighted by Crippen LogP contribution is 2.17. The fraction of sp³-hybridized carbons (Fsp3) is 0.615. The third kappa shape index (κ3) is 4.61. The van der Waals surface area contributed by atoms with Gasteiger partial charge in [-0.25, -0.2) is 0 Å². The molecule has 0 aliphatic carbocycles. The second kappa shape index (κ2) is 7.12. The Hall–Kier alpha value is -1.29. The second-order valence-corrected chi connectivity index (χ2v) is 4.40. The SMILES string of the molecule is CCCCC(=O)NC[C@@H](c1ccco1)N(C)C. The summed E-state index contributed by atoms with van der Waals surface area (Å²) in [5.74, 6) is 0.996. The Morgan fingerprint density at radius 3 is 2.82 bits per heavy atom. The normalized spacial score (nSPS) is 12.7. The molecule has 1 rings (SSSR count). The largest absolute Gasteiger partial charge is 0.468 e. The third-order valence-corrected chi connectivity index (χ3v) is 2.74. The molecule has 0 aliphatic heterocycles. The summed E-state index contributed by atoms with van der Waals surface area (Å²) in [7, 11) is 3.96. The quantitative estimate of drug-likeness (QED) is 0.792. The molecule has 0 radical (unpaired) electrons. The Morgan fingerprint density at radius 1 is 1.53 bits per heavy atom. The molecule has 1 heterocycles. The number of nitrogens with one attached hydrogen (secondary N) is 1. The molecule has 1 aromatic rings. The lowest BCUT2D eigenvalue weighted by atomic mass is 10.2. The van der Waals surface area contributed by atoms with E-state index in [4.69, 9.17) is 4.42 Å². The second-order valence-electron chi connectivity index (χ2n) is 4.40. The zero-order valence-electron chi connectivity index (χ0n) is 10.9. The van der Waals surface area contributed by atoms with Crippen LogP contribution in [-0.2, 0) is 4.79 Å². The molecule has 0 fully saturated rings. The monoisotopic (exact) mass is 238 g/mol. The molecule has 0 bridgehead atoms. The summed E-state index contributed by atoms with van der Waals surface area (Å²) in [5, 5.41) is 2.95. The molecular weight excluding hydrogens is 216 g/mol. The average Bonchev–Trinajstić information content (AvgIpc) is 2.79. The van der Waals surface area contributed by atoms with Crippen LogP contribution in [0.1, 0.15) is 38.0 Å². The van der Waals surface area contributed by atoms with E-state index in [1.54, 1.807) is 6.26 Å². The first-order valence-corrected chi connectivity index (χ1v) is 6.11. The van der Waals surface area contributed by atoms with Crippen LogP contribution in [0.2, 0.25) is 0 Å². The molecule has 0 unspecified atom stereocenters. The van der Waals surface area contributed by atoms with Crippen molar-refractivity contribution in [3.05, 3.63) is 24.2 Å². The van der Waals surface area contributed by atoms with Gasteiger partial charge in [0, 0.05) is 13.0 Å². The van der Waals surface area contributed by atoms with Gasteiger partial charge < -0.3 is 9.73 Å². The van der Waals surface area contributed by atoms with E-state index in [1.807, 2.05) is 31.1 Å². The standard InChI is InChI=1S/C13H22N2O2/c1-4-5-8-13(16)14-10-11(15(2)3)12-7-6-9-17-12/h6-7,9,11H,4-5,8,10H2,1-3H3,(H,14,16)/t11-/m0/s1. The van der Waals surface area contributed by atoms with Gasteiger partial charge >= 0.3 is 0 Å². The Bertz CT molecular complexity index is 320. The lowest BCUT2D eigenvalue weighted by Gasteiger charge is -2.22. The van der Waals surface area contributed by atoms with Crippen LogP contribution < -0.4 is 5.32 Å². The maximum absolute atomic E-state index is 11.5. The molecule has 1 N–H and O–H groups in total. The van der Waals surface area contributed by atoms with Gasteiger partial charge in [0.05, 0.1) is 12.3 Å². The summed E-state index contributed by atoms with van der Waals surface area (Å²) < 4.78 is 5.38. The topological polar surface area (TPSA) is 45.5 Å². The van der Waals surface area contributed by atoms with Gasteiger partial charge in [-0.15, -0.1) is 0 Å². The molecule has 96 valence electrons. The molecule has 4 heteroatoms. The number of rotatable bonds is 7. The third-order valence-electron chi connectivity index (χ3n) is 2.74. The molecule has 1 amide bonds. The molecule has 4 nitrogen and oxygen atoms in total. The summed E-state index contributed by atoms with van der Waals surface area (Å²) in [6, 6.07) is 3.89. The van der Waals surface area contributed by atoms with Crippen LogP contribution in [0.4, 0.5) is 0 Å². The number of nitrogens with zero attached hydrogens (tertiary/aromatic N) is 1.